The molecule has 4 nitrogen and oxygen atoms in total. The molecule has 0 bridgehead atoms. The summed E-state index contributed by atoms with van der Waals surface area (Å²) in [7, 11) is 0. The highest BCUT2D eigenvalue weighted by atomic mass is 32.1. The second-order valence-electron chi connectivity index (χ2n) is 11.5. The fourth-order valence-corrected chi connectivity index (χ4v) is 7.80. The summed E-state index contributed by atoms with van der Waals surface area (Å²) < 4.78 is 0. The Morgan fingerprint density at radius 2 is 0.854 bits per heavy atom. The third-order valence-electron chi connectivity index (χ3n) is 8.73. The summed E-state index contributed by atoms with van der Waals surface area (Å²) in [4.78, 5) is 18.5. The van der Waals surface area contributed by atoms with Gasteiger partial charge in [0.2, 0.25) is 0 Å². The summed E-state index contributed by atoms with van der Waals surface area (Å²) in [6.45, 7) is 0. The van der Waals surface area contributed by atoms with E-state index in [1.165, 1.54) is 49.4 Å². The highest BCUT2D eigenvalue weighted by molar-refractivity contribution is 7.13. The monoisotopic (exact) mass is 650 g/mol. The Balaban J connectivity index is 1.33. The van der Waals surface area contributed by atoms with Crippen LogP contribution in [0.1, 0.15) is 0 Å². The van der Waals surface area contributed by atoms with E-state index >= 15 is 0 Å². The van der Waals surface area contributed by atoms with Crippen molar-refractivity contribution in [2.24, 2.45) is 0 Å². The van der Waals surface area contributed by atoms with Crippen LogP contribution >= 0.6 is 22.7 Å². The lowest BCUT2D eigenvalue weighted by atomic mass is 9.85. The van der Waals surface area contributed by atoms with E-state index in [1.807, 2.05) is 35.5 Å². The Labute approximate surface area is 285 Å². The van der Waals surface area contributed by atoms with Gasteiger partial charge in [-0.15, -0.1) is 22.7 Å². The standard InChI is InChI=1S/C42H26N4S2/c1-2-7-27(8-3-1)28-9-6-10-29(23-28)30-13-14-35-36(24-30)40(32-16-18-44-38(26-32)42-46-20-22-48-42)34-12-5-4-11-33(34)39(35)31-15-17-43-37(25-31)41-45-19-21-47-41/h1-26H. The molecule has 226 valence electrons. The molecular formula is C42H26N4S2. The number of thiazole rings is 2. The van der Waals surface area contributed by atoms with Gasteiger partial charge in [0.25, 0.3) is 0 Å². The van der Waals surface area contributed by atoms with Gasteiger partial charge in [-0.2, -0.15) is 0 Å². The molecule has 0 spiro atoms. The van der Waals surface area contributed by atoms with Crippen molar-refractivity contribution in [3.05, 3.63) is 157 Å². The molecule has 0 radical (unpaired) electrons. The third-order valence-corrected chi connectivity index (χ3v) is 10.3. The van der Waals surface area contributed by atoms with Crippen LogP contribution in [0.4, 0.5) is 0 Å². The highest BCUT2D eigenvalue weighted by Gasteiger charge is 2.19. The Hall–Kier alpha value is -5.82. The molecule has 0 atom stereocenters. The maximum absolute atomic E-state index is 4.71. The van der Waals surface area contributed by atoms with Gasteiger partial charge in [-0.1, -0.05) is 84.9 Å². The number of benzene rings is 5. The highest BCUT2D eigenvalue weighted by Crippen LogP contribution is 2.45. The third kappa shape index (κ3) is 5.08. The van der Waals surface area contributed by atoms with Gasteiger partial charge in [-0.05, 0) is 102 Å². The van der Waals surface area contributed by atoms with Gasteiger partial charge in [-0.25, -0.2) is 9.97 Å². The minimum absolute atomic E-state index is 0.873. The van der Waals surface area contributed by atoms with Crippen molar-refractivity contribution in [3.63, 3.8) is 0 Å². The quantitative estimate of drug-likeness (QED) is 0.168. The lowest BCUT2D eigenvalue weighted by molar-refractivity contribution is 1.29. The summed E-state index contributed by atoms with van der Waals surface area (Å²) in [5.74, 6) is 0. The molecular weight excluding hydrogens is 625 g/mol. The first-order valence-corrected chi connectivity index (χ1v) is 17.4. The van der Waals surface area contributed by atoms with Gasteiger partial charge in [0.1, 0.15) is 10.0 Å². The lowest BCUT2D eigenvalue weighted by Crippen LogP contribution is -1.93. The van der Waals surface area contributed by atoms with Crippen LogP contribution in [0.2, 0.25) is 0 Å². The summed E-state index contributed by atoms with van der Waals surface area (Å²) in [6.07, 6.45) is 7.46. The first kappa shape index (κ1) is 28.4. The van der Waals surface area contributed by atoms with Crippen LogP contribution in [-0.4, -0.2) is 19.9 Å². The van der Waals surface area contributed by atoms with Gasteiger partial charge in [-0.3, -0.25) is 9.97 Å². The van der Waals surface area contributed by atoms with Crippen LogP contribution in [0.15, 0.2) is 157 Å². The van der Waals surface area contributed by atoms with E-state index in [0.29, 0.717) is 0 Å². The second kappa shape index (κ2) is 12.1. The van der Waals surface area contributed by atoms with Crippen molar-refractivity contribution in [1.29, 1.82) is 0 Å². The molecule has 5 aromatic carbocycles. The molecule has 0 fully saturated rings. The molecule has 9 rings (SSSR count). The summed E-state index contributed by atoms with van der Waals surface area (Å²) in [5.41, 5.74) is 11.1. The van der Waals surface area contributed by atoms with Gasteiger partial charge in [0.05, 0.1) is 11.4 Å². The first-order valence-electron chi connectivity index (χ1n) is 15.7. The van der Waals surface area contributed by atoms with E-state index in [2.05, 4.69) is 136 Å². The number of hydrogen-bond acceptors (Lipinski definition) is 6. The van der Waals surface area contributed by atoms with Gasteiger partial charge in [0.15, 0.2) is 0 Å². The maximum atomic E-state index is 4.71. The van der Waals surface area contributed by atoms with E-state index in [0.717, 1.165) is 38.1 Å². The minimum Gasteiger partial charge on any atom is -0.254 e. The zero-order valence-electron chi connectivity index (χ0n) is 25.6. The number of aromatic nitrogens is 4. The van der Waals surface area contributed by atoms with Crippen LogP contribution in [0.3, 0.4) is 0 Å². The second-order valence-corrected chi connectivity index (χ2v) is 13.3. The Kier molecular flexibility index (Phi) is 7.15. The van der Waals surface area contributed by atoms with Crippen molar-refractivity contribution in [1.82, 2.24) is 19.9 Å². The van der Waals surface area contributed by atoms with Crippen LogP contribution in [0.25, 0.3) is 87.5 Å². The molecule has 0 amide bonds. The zero-order chi connectivity index (χ0) is 31.9. The van der Waals surface area contributed by atoms with Crippen LogP contribution in [0, 0.1) is 0 Å². The lowest BCUT2D eigenvalue weighted by Gasteiger charge is -2.19. The van der Waals surface area contributed by atoms with Gasteiger partial charge in [0, 0.05) is 35.5 Å². The van der Waals surface area contributed by atoms with Crippen LogP contribution < -0.4 is 0 Å². The Morgan fingerprint density at radius 1 is 0.333 bits per heavy atom. The maximum Gasteiger partial charge on any atom is 0.141 e. The number of pyridine rings is 2. The molecule has 0 aliphatic carbocycles. The molecule has 4 heterocycles. The molecule has 9 aromatic rings. The Morgan fingerprint density at radius 3 is 1.46 bits per heavy atom. The number of hydrogen-bond donors (Lipinski definition) is 0. The van der Waals surface area contributed by atoms with E-state index in [1.54, 1.807) is 22.7 Å². The number of rotatable bonds is 6. The van der Waals surface area contributed by atoms with Crippen molar-refractivity contribution < 1.29 is 0 Å². The molecule has 0 unspecified atom stereocenters. The molecule has 0 N–H and O–H groups in total. The van der Waals surface area contributed by atoms with Crippen molar-refractivity contribution >= 4 is 44.2 Å². The molecule has 0 saturated heterocycles. The zero-order valence-corrected chi connectivity index (χ0v) is 27.2. The van der Waals surface area contributed by atoms with Crippen LogP contribution in [-0.2, 0) is 0 Å². The molecule has 6 heteroatoms. The van der Waals surface area contributed by atoms with Crippen molar-refractivity contribution in [2.45, 2.75) is 0 Å². The Bertz CT molecular complexity index is 2560. The normalized spacial score (nSPS) is 11.3. The number of nitrogens with zero attached hydrogens (tertiary/aromatic N) is 4. The molecule has 0 saturated carbocycles. The van der Waals surface area contributed by atoms with E-state index < -0.39 is 0 Å². The van der Waals surface area contributed by atoms with Crippen molar-refractivity contribution in [2.75, 3.05) is 0 Å². The van der Waals surface area contributed by atoms with E-state index in [-0.39, 0.29) is 0 Å². The average molecular weight is 651 g/mol. The van der Waals surface area contributed by atoms with Gasteiger partial charge >= 0.3 is 0 Å². The summed E-state index contributed by atoms with van der Waals surface area (Å²) in [5, 5.41) is 10.5. The van der Waals surface area contributed by atoms with Gasteiger partial charge < -0.3 is 0 Å². The SMILES string of the molecule is c1ccc(-c2cccc(-c3ccc4c(-c5ccnc(-c6nccs6)c5)c5ccccc5c(-c5ccnc(-c6nccs6)c5)c4c3)c2)cc1. The summed E-state index contributed by atoms with van der Waals surface area (Å²) >= 11 is 3.20. The predicted molar refractivity (Wildman–Crippen MR) is 201 cm³/mol. The minimum atomic E-state index is 0.873. The van der Waals surface area contributed by atoms with Crippen molar-refractivity contribution in [3.8, 4) is 65.9 Å². The van der Waals surface area contributed by atoms with E-state index in [4.69, 9.17) is 4.98 Å². The van der Waals surface area contributed by atoms with Crippen LogP contribution in [0.5, 0.6) is 0 Å². The first-order chi connectivity index (χ1) is 23.8. The topological polar surface area (TPSA) is 51.6 Å². The fourth-order valence-electron chi connectivity index (χ4n) is 6.59. The summed E-state index contributed by atoms with van der Waals surface area (Å²) in [6, 6.07) is 43.6. The molecule has 48 heavy (non-hydrogen) atoms. The predicted octanol–water partition coefficient (Wildman–Crippen LogP) is 11.7. The molecule has 0 aliphatic rings. The number of fused-ring (bicyclic) bond motifs is 2. The smallest absolute Gasteiger partial charge is 0.141 e. The average Bonchev–Trinajstić information content (AvgIpc) is 3.90. The van der Waals surface area contributed by atoms with E-state index in [9.17, 15) is 0 Å². The largest absolute Gasteiger partial charge is 0.254 e. The molecule has 0 aliphatic heterocycles. The molecule has 4 aromatic heterocycles. The fraction of sp³-hybridized carbons (Fsp3) is 0.